The van der Waals surface area contributed by atoms with Gasteiger partial charge in [0.2, 0.25) is 0 Å². The van der Waals surface area contributed by atoms with Crippen molar-refractivity contribution in [1.82, 2.24) is 5.32 Å². The van der Waals surface area contributed by atoms with Gasteiger partial charge in [-0.1, -0.05) is 45.3 Å². The zero-order valence-corrected chi connectivity index (χ0v) is 9.16. The second kappa shape index (κ2) is 18.0. The molecule has 0 fully saturated rings. The van der Waals surface area contributed by atoms with Crippen molar-refractivity contribution in [2.75, 3.05) is 0 Å². The van der Waals surface area contributed by atoms with Gasteiger partial charge in [0.25, 0.3) is 0 Å². The van der Waals surface area contributed by atoms with Gasteiger partial charge >= 0.3 is 0 Å². The molecular weight excluding hydrogens is 173 g/mol. The fraction of sp³-hybridized carbons (Fsp3) is 0.455. The Kier molecular flexibility index (Phi) is 24.1. The van der Waals surface area contributed by atoms with E-state index < -0.39 is 0 Å². The summed E-state index contributed by atoms with van der Waals surface area (Å²) in [5.74, 6) is 0. The Balaban J connectivity index is -0.000000159. The summed E-state index contributed by atoms with van der Waals surface area (Å²) in [6.45, 7) is 4.42. The number of unbranched alkanes of at least 4 members (excludes halogenated alkanes) is 2. The fourth-order valence-electron chi connectivity index (χ4n) is 0.760. The molecule has 0 bridgehead atoms. The molecule has 1 aliphatic rings. The van der Waals surface area contributed by atoms with Crippen LogP contribution in [-0.2, 0) is 0 Å². The first-order chi connectivity index (χ1) is 5.91. The first-order valence-electron chi connectivity index (χ1n) is 4.66. The van der Waals surface area contributed by atoms with E-state index in [9.17, 15) is 0 Å². The van der Waals surface area contributed by atoms with Crippen LogP contribution in [-0.4, -0.2) is 13.9 Å². The molecule has 3 N–H and O–H groups in total. The van der Waals surface area contributed by atoms with Gasteiger partial charge < -0.3 is 10.8 Å². The summed E-state index contributed by atoms with van der Waals surface area (Å²) < 4.78 is 0. The van der Waals surface area contributed by atoms with Crippen LogP contribution in [0.5, 0.6) is 0 Å². The Morgan fingerprint density at radius 2 is 1.29 bits per heavy atom. The van der Waals surface area contributed by atoms with E-state index in [1.165, 1.54) is 19.3 Å². The summed E-state index contributed by atoms with van der Waals surface area (Å²) in [5, 5.41) is 2.92. The smallest absolute Gasteiger partial charge is 0.000442 e. The van der Waals surface area contributed by atoms with Gasteiger partial charge in [-0.05, 0) is 12.2 Å². The average molecular weight is 194 g/mol. The summed E-state index contributed by atoms with van der Waals surface area (Å²) in [6, 6.07) is 0. The van der Waals surface area contributed by atoms with Gasteiger partial charge in [0, 0.05) is 20.8 Å². The number of rotatable bonds is 2. The fourth-order valence-corrected chi connectivity index (χ4v) is 0.760. The van der Waals surface area contributed by atoms with Gasteiger partial charge in [-0.15, -0.1) is 0 Å². The SMILES string of the molecule is C1=CC=CNC=C1.CCCCC.O.[B]. The molecule has 0 amide bonds. The molecule has 0 unspecified atom stereocenters. The Bertz CT molecular complexity index is 149. The van der Waals surface area contributed by atoms with Gasteiger partial charge in [0.15, 0.2) is 0 Å². The Morgan fingerprint density at radius 1 is 0.857 bits per heavy atom. The Labute approximate surface area is 89.7 Å². The first-order valence-corrected chi connectivity index (χ1v) is 4.66. The maximum Gasteiger partial charge on any atom is 0.000442 e. The van der Waals surface area contributed by atoms with Crippen LogP contribution in [0.1, 0.15) is 33.1 Å². The summed E-state index contributed by atoms with van der Waals surface area (Å²) in [7, 11) is 0. The molecule has 0 aromatic rings. The maximum absolute atomic E-state index is 2.92. The highest BCUT2D eigenvalue weighted by Gasteiger charge is 1.68. The van der Waals surface area contributed by atoms with Crippen LogP contribution in [0.15, 0.2) is 36.7 Å². The van der Waals surface area contributed by atoms with Crippen molar-refractivity contribution in [3.8, 4) is 0 Å². The van der Waals surface area contributed by atoms with Crippen LogP contribution >= 0.6 is 0 Å². The standard InChI is InChI=1S/C6H7N.C5H12.B.H2O/c1-2-4-6-7-5-3-1;1-3-5-4-2;;/h1-7H;3-5H2,1-2H3;;1H2. The summed E-state index contributed by atoms with van der Waals surface area (Å²) >= 11 is 0. The van der Waals surface area contributed by atoms with Crippen LogP contribution in [0.2, 0.25) is 0 Å². The van der Waals surface area contributed by atoms with E-state index in [-0.39, 0.29) is 13.9 Å². The lowest BCUT2D eigenvalue weighted by atomic mass is 10.3. The lowest BCUT2D eigenvalue weighted by Gasteiger charge is -1.79. The van der Waals surface area contributed by atoms with E-state index in [1.807, 2.05) is 36.7 Å². The lowest BCUT2D eigenvalue weighted by Crippen LogP contribution is -1.87. The molecule has 79 valence electrons. The van der Waals surface area contributed by atoms with E-state index in [4.69, 9.17) is 0 Å². The zero-order chi connectivity index (χ0) is 9.07. The van der Waals surface area contributed by atoms with Gasteiger partial charge in [0.1, 0.15) is 0 Å². The number of allylic oxidation sites excluding steroid dienone is 4. The van der Waals surface area contributed by atoms with Crippen LogP contribution in [0, 0.1) is 0 Å². The average Bonchev–Trinajstić information content (AvgIpc) is 2.37. The summed E-state index contributed by atoms with van der Waals surface area (Å²) in [5.41, 5.74) is 0. The largest absolute Gasteiger partial charge is 0.412 e. The predicted octanol–water partition coefficient (Wildman–Crippen LogP) is 2.16. The Hall–Kier alpha value is -0.955. The molecule has 0 spiro atoms. The van der Waals surface area contributed by atoms with E-state index in [2.05, 4.69) is 19.2 Å². The normalized spacial score (nSPS) is 11.0. The number of hydrogen-bond donors (Lipinski definition) is 1. The van der Waals surface area contributed by atoms with Crippen molar-refractivity contribution in [2.24, 2.45) is 0 Å². The molecule has 1 heterocycles. The van der Waals surface area contributed by atoms with Crippen molar-refractivity contribution in [3.05, 3.63) is 36.7 Å². The van der Waals surface area contributed by atoms with Gasteiger partial charge in [-0.2, -0.15) is 0 Å². The molecule has 0 saturated carbocycles. The van der Waals surface area contributed by atoms with Crippen molar-refractivity contribution in [3.63, 3.8) is 0 Å². The molecule has 0 saturated heterocycles. The van der Waals surface area contributed by atoms with Crippen LogP contribution in [0.25, 0.3) is 0 Å². The third-order valence-corrected chi connectivity index (χ3v) is 1.43. The minimum atomic E-state index is 0. The second-order valence-electron chi connectivity index (χ2n) is 2.62. The molecule has 14 heavy (non-hydrogen) atoms. The number of nitrogens with one attached hydrogen (secondary N) is 1. The van der Waals surface area contributed by atoms with Crippen molar-refractivity contribution >= 4 is 8.41 Å². The lowest BCUT2D eigenvalue weighted by molar-refractivity contribution is 0.772. The molecule has 2 nitrogen and oxygen atoms in total. The van der Waals surface area contributed by atoms with Crippen LogP contribution in [0.3, 0.4) is 0 Å². The Morgan fingerprint density at radius 3 is 1.57 bits per heavy atom. The summed E-state index contributed by atoms with van der Waals surface area (Å²) in [6.07, 6.45) is 15.7. The van der Waals surface area contributed by atoms with Gasteiger partial charge in [0.05, 0.1) is 0 Å². The molecular formula is C11H21BNO. The topological polar surface area (TPSA) is 43.5 Å². The maximum atomic E-state index is 2.92. The molecule has 3 heteroatoms. The molecule has 1 rings (SSSR count). The van der Waals surface area contributed by atoms with E-state index >= 15 is 0 Å². The highest BCUT2D eigenvalue weighted by atomic mass is 16.0. The highest BCUT2D eigenvalue weighted by molar-refractivity contribution is 5.75. The third-order valence-electron chi connectivity index (χ3n) is 1.43. The predicted molar refractivity (Wildman–Crippen MR) is 65.1 cm³/mol. The first kappa shape index (κ1) is 18.8. The van der Waals surface area contributed by atoms with E-state index in [0.29, 0.717) is 0 Å². The quantitative estimate of drug-likeness (QED) is 0.672. The van der Waals surface area contributed by atoms with Crippen molar-refractivity contribution in [2.45, 2.75) is 33.1 Å². The van der Waals surface area contributed by atoms with Crippen LogP contribution < -0.4 is 5.32 Å². The second-order valence-corrected chi connectivity index (χ2v) is 2.62. The molecule has 3 radical (unpaired) electrons. The minimum absolute atomic E-state index is 0. The van der Waals surface area contributed by atoms with E-state index in [1.54, 1.807) is 0 Å². The molecule has 0 aliphatic carbocycles. The monoisotopic (exact) mass is 194 g/mol. The van der Waals surface area contributed by atoms with E-state index in [0.717, 1.165) is 0 Å². The zero-order valence-electron chi connectivity index (χ0n) is 9.16. The molecule has 0 atom stereocenters. The molecule has 0 aromatic carbocycles. The summed E-state index contributed by atoms with van der Waals surface area (Å²) in [4.78, 5) is 0. The highest BCUT2D eigenvalue weighted by Crippen LogP contribution is 1.88. The molecule has 1 aliphatic heterocycles. The number of hydrogen-bond acceptors (Lipinski definition) is 1. The minimum Gasteiger partial charge on any atom is -0.412 e. The van der Waals surface area contributed by atoms with Crippen molar-refractivity contribution in [1.29, 1.82) is 0 Å². The van der Waals surface area contributed by atoms with Crippen LogP contribution in [0.4, 0.5) is 0 Å². The van der Waals surface area contributed by atoms with Crippen molar-refractivity contribution < 1.29 is 5.48 Å². The van der Waals surface area contributed by atoms with Gasteiger partial charge in [-0.3, -0.25) is 0 Å². The molecule has 0 aromatic heterocycles. The third kappa shape index (κ3) is 17.2. The van der Waals surface area contributed by atoms with Gasteiger partial charge in [-0.25, -0.2) is 0 Å².